The summed E-state index contributed by atoms with van der Waals surface area (Å²) in [6.07, 6.45) is 2.90. The van der Waals surface area contributed by atoms with Crippen molar-refractivity contribution in [1.29, 1.82) is 0 Å². The standard InChI is InChI=1S/C18H25ClN2O3/c1-2-20(13-18(23)24)16-9-11-21(12-10-16)17(22)8-5-14-3-6-15(19)7-4-14/h3-4,6-7,16H,2,5,8-13H2,1H3,(H,23,24). The summed E-state index contributed by atoms with van der Waals surface area (Å²) in [6, 6.07) is 7.84. The van der Waals surface area contributed by atoms with Crippen LogP contribution in [0.4, 0.5) is 0 Å². The highest BCUT2D eigenvalue weighted by atomic mass is 35.5. The third kappa shape index (κ3) is 5.49. The molecule has 1 aromatic rings. The number of hydrogen-bond donors (Lipinski definition) is 1. The number of carbonyl (C=O) groups is 2. The number of hydrogen-bond acceptors (Lipinski definition) is 3. The van der Waals surface area contributed by atoms with Crippen LogP contribution in [0.25, 0.3) is 0 Å². The number of amides is 1. The first-order chi connectivity index (χ1) is 11.5. The minimum atomic E-state index is -0.793. The van der Waals surface area contributed by atoms with Gasteiger partial charge in [-0.15, -0.1) is 0 Å². The smallest absolute Gasteiger partial charge is 0.317 e. The zero-order valence-electron chi connectivity index (χ0n) is 14.1. The molecule has 5 nitrogen and oxygen atoms in total. The Morgan fingerprint density at radius 3 is 2.42 bits per heavy atom. The number of piperidine rings is 1. The molecule has 0 atom stereocenters. The van der Waals surface area contributed by atoms with Gasteiger partial charge in [0, 0.05) is 30.6 Å². The van der Waals surface area contributed by atoms with Gasteiger partial charge in [-0.1, -0.05) is 30.7 Å². The van der Waals surface area contributed by atoms with Gasteiger partial charge in [-0.25, -0.2) is 0 Å². The van der Waals surface area contributed by atoms with Gasteiger partial charge in [0.25, 0.3) is 0 Å². The Kier molecular flexibility index (Phi) is 7.06. The van der Waals surface area contributed by atoms with E-state index in [4.69, 9.17) is 16.7 Å². The molecule has 0 aliphatic carbocycles. The Morgan fingerprint density at radius 2 is 1.88 bits per heavy atom. The van der Waals surface area contributed by atoms with Crippen LogP contribution in [0.15, 0.2) is 24.3 Å². The van der Waals surface area contributed by atoms with Crippen molar-refractivity contribution in [3.63, 3.8) is 0 Å². The van der Waals surface area contributed by atoms with E-state index in [1.807, 2.05) is 41.0 Å². The first-order valence-corrected chi connectivity index (χ1v) is 8.85. The molecule has 1 amide bonds. The molecule has 1 N–H and O–H groups in total. The lowest BCUT2D eigenvalue weighted by Crippen LogP contribution is -2.48. The number of halogens is 1. The highest BCUT2D eigenvalue weighted by Crippen LogP contribution is 2.18. The average molecular weight is 353 g/mol. The van der Waals surface area contributed by atoms with Gasteiger partial charge in [0.1, 0.15) is 0 Å². The number of carboxylic acids is 1. The summed E-state index contributed by atoms with van der Waals surface area (Å²) >= 11 is 5.86. The molecular formula is C18H25ClN2O3. The summed E-state index contributed by atoms with van der Waals surface area (Å²) in [5.41, 5.74) is 1.11. The zero-order valence-corrected chi connectivity index (χ0v) is 14.8. The average Bonchev–Trinajstić information content (AvgIpc) is 2.59. The third-order valence-corrected chi connectivity index (χ3v) is 4.87. The summed E-state index contributed by atoms with van der Waals surface area (Å²) in [6.45, 7) is 4.19. The van der Waals surface area contributed by atoms with Crippen LogP contribution >= 0.6 is 11.6 Å². The number of likely N-dealkylation sites (tertiary alicyclic amines) is 1. The van der Waals surface area contributed by atoms with Crippen molar-refractivity contribution in [1.82, 2.24) is 9.80 Å². The van der Waals surface area contributed by atoms with Crippen LogP contribution in [0.1, 0.15) is 31.7 Å². The van der Waals surface area contributed by atoms with Crippen LogP contribution in [0.2, 0.25) is 5.02 Å². The summed E-state index contributed by atoms with van der Waals surface area (Å²) < 4.78 is 0. The van der Waals surface area contributed by atoms with E-state index in [-0.39, 0.29) is 18.5 Å². The topological polar surface area (TPSA) is 60.9 Å². The molecule has 1 saturated heterocycles. The highest BCUT2D eigenvalue weighted by Gasteiger charge is 2.26. The van der Waals surface area contributed by atoms with Gasteiger partial charge < -0.3 is 10.0 Å². The molecule has 0 unspecified atom stereocenters. The molecule has 24 heavy (non-hydrogen) atoms. The maximum Gasteiger partial charge on any atom is 0.317 e. The van der Waals surface area contributed by atoms with Crippen LogP contribution < -0.4 is 0 Å². The Balaban J connectivity index is 1.77. The van der Waals surface area contributed by atoms with Crippen LogP contribution in [0.5, 0.6) is 0 Å². The van der Waals surface area contributed by atoms with Gasteiger partial charge in [-0.05, 0) is 43.5 Å². The lowest BCUT2D eigenvalue weighted by Gasteiger charge is -2.37. The molecular weight excluding hydrogens is 328 g/mol. The summed E-state index contributed by atoms with van der Waals surface area (Å²) in [5.74, 6) is -0.622. The molecule has 1 heterocycles. The van der Waals surface area contributed by atoms with Gasteiger partial charge in [0.05, 0.1) is 6.54 Å². The van der Waals surface area contributed by atoms with Crippen molar-refractivity contribution in [2.24, 2.45) is 0 Å². The van der Waals surface area contributed by atoms with Crippen molar-refractivity contribution in [3.05, 3.63) is 34.9 Å². The van der Waals surface area contributed by atoms with Gasteiger partial charge in [-0.2, -0.15) is 0 Å². The molecule has 0 aromatic heterocycles. The second kappa shape index (κ2) is 9.04. The van der Waals surface area contributed by atoms with E-state index in [0.29, 0.717) is 24.5 Å². The molecule has 0 spiro atoms. The lowest BCUT2D eigenvalue weighted by molar-refractivity contribution is -0.140. The molecule has 0 saturated carbocycles. The lowest BCUT2D eigenvalue weighted by atomic mass is 10.0. The normalized spacial score (nSPS) is 15.7. The first kappa shape index (κ1) is 18.7. The molecule has 0 bridgehead atoms. The summed E-state index contributed by atoms with van der Waals surface area (Å²) in [5, 5.41) is 9.67. The second-order valence-electron chi connectivity index (χ2n) is 6.20. The van der Waals surface area contributed by atoms with E-state index < -0.39 is 5.97 Å². The molecule has 132 valence electrons. The minimum Gasteiger partial charge on any atom is -0.480 e. The zero-order chi connectivity index (χ0) is 17.5. The SMILES string of the molecule is CCN(CC(=O)O)C1CCN(C(=O)CCc2ccc(Cl)cc2)CC1. The number of aliphatic carboxylic acids is 1. The highest BCUT2D eigenvalue weighted by molar-refractivity contribution is 6.30. The molecule has 1 aromatic carbocycles. The van der Waals surface area contributed by atoms with E-state index in [2.05, 4.69) is 0 Å². The molecule has 1 aliphatic rings. The van der Waals surface area contributed by atoms with Crippen molar-refractivity contribution >= 4 is 23.5 Å². The maximum atomic E-state index is 12.4. The summed E-state index contributed by atoms with van der Waals surface area (Å²) in [7, 11) is 0. The van der Waals surface area contributed by atoms with Gasteiger partial charge in [0.15, 0.2) is 0 Å². The number of carbonyl (C=O) groups excluding carboxylic acids is 1. The summed E-state index contributed by atoms with van der Waals surface area (Å²) in [4.78, 5) is 27.2. The third-order valence-electron chi connectivity index (χ3n) is 4.62. The second-order valence-corrected chi connectivity index (χ2v) is 6.63. The molecule has 0 radical (unpaired) electrons. The van der Waals surface area contributed by atoms with Crippen molar-refractivity contribution < 1.29 is 14.7 Å². The molecule has 2 rings (SSSR count). The number of aryl methyl sites for hydroxylation is 1. The molecule has 6 heteroatoms. The number of rotatable bonds is 7. The quantitative estimate of drug-likeness (QED) is 0.819. The number of carboxylic acid groups (broad SMARTS) is 1. The predicted octanol–water partition coefficient (Wildman–Crippen LogP) is 2.67. The largest absolute Gasteiger partial charge is 0.480 e. The predicted molar refractivity (Wildman–Crippen MR) is 94.3 cm³/mol. The van der Waals surface area contributed by atoms with Gasteiger partial charge in [-0.3, -0.25) is 14.5 Å². The van der Waals surface area contributed by atoms with E-state index in [0.717, 1.165) is 31.4 Å². The van der Waals surface area contributed by atoms with Crippen LogP contribution in [-0.2, 0) is 16.0 Å². The Bertz CT molecular complexity index is 554. The van der Waals surface area contributed by atoms with Crippen molar-refractivity contribution in [2.75, 3.05) is 26.2 Å². The monoisotopic (exact) mass is 352 g/mol. The molecule has 1 aliphatic heterocycles. The van der Waals surface area contributed by atoms with Gasteiger partial charge >= 0.3 is 5.97 Å². The fourth-order valence-electron chi connectivity index (χ4n) is 3.21. The van der Waals surface area contributed by atoms with Crippen LogP contribution in [0.3, 0.4) is 0 Å². The maximum absolute atomic E-state index is 12.4. The number of likely N-dealkylation sites (N-methyl/N-ethyl adjacent to an activating group) is 1. The number of nitrogens with zero attached hydrogens (tertiary/aromatic N) is 2. The van der Waals surface area contributed by atoms with E-state index >= 15 is 0 Å². The first-order valence-electron chi connectivity index (χ1n) is 8.47. The van der Waals surface area contributed by atoms with Crippen molar-refractivity contribution in [2.45, 2.75) is 38.6 Å². The fourth-order valence-corrected chi connectivity index (χ4v) is 3.34. The van der Waals surface area contributed by atoms with Crippen LogP contribution in [0, 0.1) is 0 Å². The van der Waals surface area contributed by atoms with Crippen molar-refractivity contribution in [3.8, 4) is 0 Å². The minimum absolute atomic E-state index is 0.0751. The van der Waals surface area contributed by atoms with Crippen LogP contribution in [-0.4, -0.2) is 59.0 Å². The number of benzene rings is 1. The molecule has 1 fully saturated rings. The van der Waals surface area contributed by atoms with E-state index in [9.17, 15) is 9.59 Å². The van der Waals surface area contributed by atoms with E-state index in [1.165, 1.54) is 0 Å². The fraction of sp³-hybridized carbons (Fsp3) is 0.556. The Morgan fingerprint density at radius 1 is 1.25 bits per heavy atom. The van der Waals surface area contributed by atoms with Gasteiger partial charge in [0.2, 0.25) is 5.91 Å². The van der Waals surface area contributed by atoms with E-state index in [1.54, 1.807) is 0 Å². The Labute approximate surface area is 148 Å². The Hall–Kier alpha value is -1.59.